The predicted molar refractivity (Wildman–Crippen MR) is 68.2 cm³/mol. The molecule has 0 bridgehead atoms. The third-order valence-corrected chi connectivity index (χ3v) is 2.37. The van der Waals surface area contributed by atoms with Crippen LogP contribution in [0.3, 0.4) is 0 Å². The Morgan fingerprint density at radius 2 is 1.76 bits per heavy atom. The van der Waals surface area contributed by atoms with Crippen LogP contribution in [-0.4, -0.2) is 19.6 Å². The molecule has 0 aliphatic carbocycles. The van der Waals surface area contributed by atoms with Gasteiger partial charge in [0, 0.05) is 0 Å². The maximum absolute atomic E-state index is 4.42. The van der Waals surface area contributed by atoms with Crippen molar-refractivity contribution >= 4 is 0 Å². The van der Waals surface area contributed by atoms with E-state index in [9.17, 15) is 0 Å². The van der Waals surface area contributed by atoms with Crippen LogP contribution in [0.25, 0.3) is 10.6 Å². The molecular weight excluding hydrogens is 651 g/mol. The normalized spacial score (nSPS) is 18.0. The van der Waals surface area contributed by atoms with Crippen molar-refractivity contribution in [3.05, 3.63) is 34.6 Å². The molecule has 1 atom stereocenters. The minimum atomic E-state index is -0.843. The van der Waals surface area contributed by atoms with Gasteiger partial charge in [-0.15, -0.1) is 19.6 Å². The van der Waals surface area contributed by atoms with Crippen LogP contribution in [0.5, 0.6) is 0 Å². The van der Waals surface area contributed by atoms with Crippen molar-refractivity contribution in [2.75, 3.05) is 19.6 Å². The summed E-state index contributed by atoms with van der Waals surface area (Å²) in [7, 11) is 17.7. The zero-order valence-electron chi connectivity index (χ0n) is 13.0. The fraction of sp³-hybridized carbons (Fsp3) is 0.667. The Labute approximate surface area is 188 Å². The number of piperidine rings is 1. The number of hydrogen-bond donors (Lipinski definition) is 0. The Morgan fingerprint density at radius 1 is 1.19 bits per heavy atom. The predicted octanol–water partition coefficient (Wildman–Crippen LogP) is 2.55. The van der Waals surface area contributed by atoms with Gasteiger partial charge in [-0.3, -0.25) is 0 Å². The zero-order chi connectivity index (χ0) is 15.6. The van der Waals surface area contributed by atoms with Crippen LogP contribution in [-0.2, 0) is 70.9 Å². The molecule has 2 aliphatic rings. The fourth-order valence-corrected chi connectivity index (χ4v) is 1.47. The Balaban J connectivity index is -0.000000220. The molecular formula is C12H24Cd3Cl4N2+4. The van der Waals surface area contributed by atoms with E-state index in [1.807, 2.05) is 12.3 Å². The van der Waals surface area contributed by atoms with Crippen LogP contribution in [0.1, 0.15) is 26.7 Å². The average molecular weight is 675 g/mol. The topological polar surface area (TPSA) is 28.2 Å². The number of allylic oxidation sites excluding steroid dienone is 2. The molecule has 9 heteroatoms. The van der Waals surface area contributed by atoms with Crippen molar-refractivity contribution in [1.82, 2.24) is 0 Å². The molecule has 0 aromatic rings. The molecule has 1 saturated heterocycles. The maximum atomic E-state index is 4.42. The molecule has 0 aromatic carbocycles. The van der Waals surface area contributed by atoms with Gasteiger partial charge in [0.1, 0.15) is 0 Å². The van der Waals surface area contributed by atoms with Crippen LogP contribution >= 0.6 is 0 Å². The van der Waals surface area contributed by atoms with Gasteiger partial charge in [-0.25, -0.2) is 0 Å². The van der Waals surface area contributed by atoms with E-state index >= 15 is 0 Å². The molecule has 1 fully saturated rings. The van der Waals surface area contributed by atoms with E-state index in [0.29, 0.717) is 0 Å². The first-order valence-corrected chi connectivity index (χ1v) is 28.6. The molecule has 21 heavy (non-hydrogen) atoms. The van der Waals surface area contributed by atoms with Crippen LogP contribution < -0.4 is 0 Å². The summed E-state index contributed by atoms with van der Waals surface area (Å²) in [6, 6.07) is 0. The van der Waals surface area contributed by atoms with Gasteiger partial charge in [0.15, 0.2) is 0 Å². The molecule has 2 heterocycles. The molecule has 0 aromatic heterocycles. The van der Waals surface area contributed by atoms with Gasteiger partial charge < -0.3 is 10.6 Å². The van der Waals surface area contributed by atoms with Gasteiger partial charge in [0.2, 0.25) is 0 Å². The first-order valence-electron chi connectivity index (χ1n) is 6.56. The second kappa shape index (κ2) is 25.4. The standard InChI is InChI=1S/C6H12N.C6H8N.3Cd.4ClH/c2*1-6-3-2-4-7-5-6;;;;;;;/h6H,2-5H2,1H3;2-4H,5H2,1H3;;;;4*1H/q2*-1;3*+2;;;;. The molecule has 0 amide bonds. The number of rotatable bonds is 0. The van der Waals surface area contributed by atoms with Crippen LogP contribution in [0, 0.1) is 39.2 Å². The number of hydrogen-bond acceptors (Lipinski definition) is 0. The molecule has 0 saturated carbocycles. The van der Waals surface area contributed by atoms with Crippen molar-refractivity contribution in [1.29, 1.82) is 0 Å². The summed E-state index contributed by atoms with van der Waals surface area (Å²) in [4.78, 5) is 0. The van der Waals surface area contributed by atoms with E-state index < -0.39 is 43.6 Å². The second-order valence-electron chi connectivity index (χ2n) is 4.31. The van der Waals surface area contributed by atoms with Crippen molar-refractivity contribution in [3.63, 3.8) is 0 Å². The summed E-state index contributed by atoms with van der Waals surface area (Å²) in [5, 5.41) is 8.27. The molecule has 0 N–H and O–H groups in total. The second-order valence-corrected chi connectivity index (χ2v) is 18.3. The SMILES string of the molecule is CC1=CC=C[N-]C1.CC1CCC[N-]C1.[Cd+2].[ClH+][Cd][ClH+].[ClH+][Cd][ClH+]. The van der Waals surface area contributed by atoms with Gasteiger partial charge in [-0.2, -0.15) is 6.20 Å². The van der Waals surface area contributed by atoms with Crippen molar-refractivity contribution in [2.24, 2.45) is 5.92 Å². The van der Waals surface area contributed by atoms with Crippen molar-refractivity contribution in [2.45, 2.75) is 26.7 Å². The first-order chi connectivity index (χ1) is 9.62. The number of halogens is 4. The quantitative estimate of drug-likeness (QED) is 0.354. The molecule has 0 radical (unpaired) electrons. The third kappa shape index (κ3) is 28.3. The fourth-order valence-electron chi connectivity index (χ4n) is 1.47. The Hall–Kier alpha value is 3.17. The first kappa shape index (κ1) is 28.9. The summed E-state index contributed by atoms with van der Waals surface area (Å²) in [6.45, 7) is 7.45. The van der Waals surface area contributed by atoms with E-state index in [1.54, 1.807) is 0 Å². The number of nitrogens with zero attached hydrogens (tertiary/aromatic N) is 2. The monoisotopic (exact) mass is 678 g/mol. The van der Waals surface area contributed by atoms with Gasteiger partial charge in [-0.1, -0.05) is 43.4 Å². The summed E-state index contributed by atoms with van der Waals surface area (Å²) in [6.07, 6.45) is 8.57. The summed E-state index contributed by atoms with van der Waals surface area (Å²) < 4.78 is 0. The molecule has 2 rings (SSSR count). The molecule has 2 nitrogen and oxygen atoms in total. The summed E-state index contributed by atoms with van der Waals surface area (Å²) in [5.74, 6) is 0.869. The van der Waals surface area contributed by atoms with Crippen LogP contribution in [0.2, 0.25) is 0 Å². The Kier molecular flexibility index (Phi) is 35.0. The van der Waals surface area contributed by atoms with E-state index in [0.717, 1.165) is 25.6 Å². The van der Waals surface area contributed by atoms with Gasteiger partial charge >= 0.3 is 104 Å². The van der Waals surface area contributed by atoms with Crippen LogP contribution in [0.15, 0.2) is 23.9 Å². The van der Waals surface area contributed by atoms with Gasteiger partial charge in [-0.05, 0) is 6.92 Å². The van der Waals surface area contributed by atoms with E-state index in [4.69, 9.17) is 0 Å². The van der Waals surface area contributed by atoms with E-state index in [1.165, 1.54) is 18.4 Å². The molecule has 1 unspecified atom stereocenters. The summed E-state index contributed by atoms with van der Waals surface area (Å²) >= 11 is -1.69. The van der Waals surface area contributed by atoms with Crippen molar-refractivity contribution < 1.29 is 104 Å². The summed E-state index contributed by atoms with van der Waals surface area (Å²) in [5.41, 5.74) is 1.34. The average Bonchev–Trinajstić information content (AvgIpc) is 2.43. The van der Waals surface area contributed by atoms with Gasteiger partial charge in [0.05, 0.1) is 0 Å². The Morgan fingerprint density at radius 3 is 1.95 bits per heavy atom. The minimum absolute atomic E-state index is 0. The zero-order valence-corrected chi connectivity index (χ0v) is 28.4. The van der Waals surface area contributed by atoms with Crippen LogP contribution in [0.4, 0.5) is 0 Å². The van der Waals surface area contributed by atoms with E-state index in [-0.39, 0.29) is 27.3 Å². The Bertz CT molecular complexity index is 249. The van der Waals surface area contributed by atoms with Gasteiger partial charge in [0.25, 0.3) is 0 Å². The molecule has 2 aliphatic heterocycles. The molecule has 0 spiro atoms. The third-order valence-electron chi connectivity index (χ3n) is 2.37. The molecule has 112 valence electrons. The van der Waals surface area contributed by atoms with Crippen molar-refractivity contribution in [3.8, 4) is 0 Å². The van der Waals surface area contributed by atoms with E-state index in [2.05, 4.69) is 63.8 Å².